The van der Waals surface area contributed by atoms with Crippen LogP contribution in [0.5, 0.6) is 0 Å². The van der Waals surface area contributed by atoms with Crippen molar-refractivity contribution < 1.29 is 18.3 Å². The second kappa shape index (κ2) is 11.3. The maximum absolute atomic E-state index is 14.7. The van der Waals surface area contributed by atoms with Gasteiger partial charge < -0.3 is 20.1 Å². The first-order valence-electron chi connectivity index (χ1n) is 13.8. The van der Waals surface area contributed by atoms with E-state index in [1.54, 1.807) is 0 Å². The van der Waals surface area contributed by atoms with Crippen molar-refractivity contribution in [2.24, 2.45) is 0 Å². The highest BCUT2D eigenvalue weighted by molar-refractivity contribution is 5.26. The summed E-state index contributed by atoms with van der Waals surface area (Å²) in [7, 11) is 0. The van der Waals surface area contributed by atoms with Gasteiger partial charge in [-0.3, -0.25) is 0 Å². The Morgan fingerprint density at radius 2 is 0.944 bits per heavy atom. The molecule has 2 aliphatic rings. The van der Waals surface area contributed by atoms with Gasteiger partial charge in [-0.1, -0.05) is 0 Å². The maximum atomic E-state index is 14.7. The predicted molar refractivity (Wildman–Crippen MR) is 144 cm³/mol. The van der Waals surface area contributed by atoms with E-state index in [2.05, 4.69) is 66.0 Å². The molecule has 1 aromatic carbocycles. The van der Waals surface area contributed by atoms with Crippen LogP contribution in [0, 0.1) is 11.6 Å². The van der Waals surface area contributed by atoms with Crippen LogP contribution in [0.15, 0.2) is 12.1 Å². The maximum Gasteiger partial charge on any atom is 0.126 e. The van der Waals surface area contributed by atoms with Crippen LogP contribution in [0.2, 0.25) is 0 Å². The van der Waals surface area contributed by atoms with Crippen molar-refractivity contribution in [3.05, 3.63) is 34.9 Å². The van der Waals surface area contributed by atoms with Crippen LogP contribution in [0.25, 0.3) is 0 Å². The SMILES string of the molecule is CC1(C)CC(OCCCc2cc(F)c(CCCOC3CC(C)(C)NC(C)(C)C3)cc2F)CC(C)(C)N1. The van der Waals surface area contributed by atoms with Crippen LogP contribution in [-0.2, 0) is 22.3 Å². The zero-order chi connectivity index (χ0) is 26.8. The van der Waals surface area contributed by atoms with Crippen molar-refractivity contribution in [1.82, 2.24) is 10.6 Å². The van der Waals surface area contributed by atoms with E-state index in [9.17, 15) is 8.78 Å². The van der Waals surface area contributed by atoms with Gasteiger partial charge in [-0.2, -0.15) is 0 Å². The molecule has 0 saturated carbocycles. The molecule has 2 fully saturated rings. The zero-order valence-corrected chi connectivity index (χ0v) is 24.0. The first kappa shape index (κ1) is 29.5. The lowest BCUT2D eigenvalue weighted by Crippen LogP contribution is -2.59. The fourth-order valence-electron chi connectivity index (χ4n) is 6.73. The molecule has 2 heterocycles. The number of ether oxygens (including phenoxy) is 2. The van der Waals surface area contributed by atoms with Gasteiger partial charge in [0, 0.05) is 35.4 Å². The van der Waals surface area contributed by atoms with E-state index in [-0.39, 0.29) is 46.0 Å². The minimum Gasteiger partial charge on any atom is -0.378 e. The van der Waals surface area contributed by atoms with E-state index in [1.807, 2.05) is 0 Å². The standard InChI is InChI=1S/C30H50F2N2O2/c1-27(2)17-23(18-28(3,4)33-27)35-13-9-11-21-15-26(32)22(16-25(21)31)12-10-14-36-24-19-29(5,6)34-30(7,8)20-24/h15-16,23-24,33-34H,9-14,17-20H2,1-8H3. The van der Waals surface area contributed by atoms with E-state index >= 15 is 0 Å². The second-order valence-electron chi connectivity index (χ2n) is 13.8. The number of nitrogens with one attached hydrogen (secondary N) is 2. The van der Waals surface area contributed by atoms with Crippen LogP contribution in [-0.4, -0.2) is 47.6 Å². The second-order valence-corrected chi connectivity index (χ2v) is 13.8. The summed E-state index contributed by atoms with van der Waals surface area (Å²) in [5, 5.41) is 7.31. The van der Waals surface area contributed by atoms with E-state index in [4.69, 9.17) is 9.47 Å². The van der Waals surface area contributed by atoms with Crippen molar-refractivity contribution in [1.29, 1.82) is 0 Å². The normalized spacial score (nSPS) is 23.6. The summed E-state index contributed by atoms with van der Waals surface area (Å²) < 4.78 is 41.7. The zero-order valence-electron chi connectivity index (χ0n) is 24.0. The Morgan fingerprint density at radius 1 is 0.639 bits per heavy atom. The molecule has 0 amide bonds. The molecular weight excluding hydrogens is 458 g/mol. The van der Waals surface area contributed by atoms with Gasteiger partial charge >= 0.3 is 0 Å². The van der Waals surface area contributed by atoms with Gasteiger partial charge in [-0.05, 0) is 130 Å². The summed E-state index contributed by atoms with van der Waals surface area (Å²) in [6.45, 7) is 18.7. The molecule has 0 aromatic heterocycles. The molecule has 0 radical (unpaired) electrons. The molecule has 0 bridgehead atoms. The van der Waals surface area contributed by atoms with E-state index in [0.29, 0.717) is 50.0 Å². The minimum atomic E-state index is -0.321. The quantitative estimate of drug-likeness (QED) is 0.355. The third-order valence-electron chi connectivity index (χ3n) is 7.41. The van der Waals surface area contributed by atoms with E-state index in [1.165, 1.54) is 12.1 Å². The largest absolute Gasteiger partial charge is 0.378 e. The number of aryl methyl sites for hydroxylation is 2. The lowest BCUT2D eigenvalue weighted by molar-refractivity contribution is -0.0228. The van der Waals surface area contributed by atoms with Crippen LogP contribution in [0.3, 0.4) is 0 Å². The number of hydrogen-bond acceptors (Lipinski definition) is 4. The molecular formula is C30H50F2N2O2. The molecule has 0 spiro atoms. The third-order valence-corrected chi connectivity index (χ3v) is 7.41. The van der Waals surface area contributed by atoms with Crippen LogP contribution in [0.1, 0.15) is 105 Å². The average molecular weight is 509 g/mol. The summed E-state index contributed by atoms with van der Waals surface area (Å²) in [6, 6.07) is 2.75. The molecule has 206 valence electrons. The lowest BCUT2D eigenvalue weighted by Gasteiger charge is -2.46. The Kier molecular flexibility index (Phi) is 9.29. The molecule has 0 atom stereocenters. The molecule has 2 aliphatic heterocycles. The van der Waals surface area contributed by atoms with E-state index < -0.39 is 0 Å². The van der Waals surface area contributed by atoms with Gasteiger partial charge in [0.05, 0.1) is 12.2 Å². The Bertz CT molecular complexity index is 778. The third kappa shape index (κ3) is 9.04. The van der Waals surface area contributed by atoms with Crippen molar-refractivity contribution >= 4 is 0 Å². The highest BCUT2D eigenvalue weighted by Gasteiger charge is 2.39. The fourth-order valence-corrected chi connectivity index (χ4v) is 6.73. The van der Waals surface area contributed by atoms with Gasteiger partial charge in [0.1, 0.15) is 11.6 Å². The van der Waals surface area contributed by atoms with Crippen LogP contribution >= 0.6 is 0 Å². The summed E-state index contributed by atoms with van der Waals surface area (Å²) in [5.74, 6) is -0.642. The number of halogens is 2. The Hall–Kier alpha value is -1.08. The van der Waals surface area contributed by atoms with Gasteiger partial charge in [0.2, 0.25) is 0 Å². The smallest absolute Gasteiger partial charge is 0.126 e. The molecule has 3 rings (SSSR count). The monoisotopic (exact) mass is 508 g/mol. The van der Waals surface area contributed by atoms with Gasteiger partial charge in [0.25, 0.3) is 0 Å². The number of hydrogen-bond donors (Lipinski definition) is 2. The molecule has 1 aromatic rings. The van der Waals surface area contributed by atoms with Gasteiger partial charge in [0.15, 0.2) is 0 Å². The Labute approximate surface area is 218 Å². The first-order valence-corrected chi connectivity index (χ1v) is 13.8. The molecule has 2 saturated heterocycles. The molecule has 36 heavy (non-hydrogen) atoms. The minimum absolute atomic E-state index is 0.0311. The van der Waals surface area contributed by atoms with Crippen molar-refractivity contribution in [3.8, 4) is 0 Å². The molecule has 2 N–H and O–H groups in total. The van der Waals surface area contributed by atoms with E-state index in [0.717, 1.165) is 25.7 Å². The highest BCUT2D eigenvalue weighted by atomic mass is 19.1. The number of benzene rings is 1. The van der Waals surface area contributed by atoms with Gasteiger partial charge in [-0.15, -0.1) is 0 Å². The van der Waals surface area contributed by atoms with Crippen molar-refractivity contribution in [2.75, 3.05) is 13.2 Å². The highest BCUT2D eigenvalue weighted by Crippen LogP contribution is 2.31. The number of rotatable bonds is 10. The van der Waals surface area contributed by atoms with Crippen LogP contribution < -0.4 is 10.6 Å². The Balaban J connectivity index is 1.42. The molecule has 0 aliphatic carbocycles. The lowest BCUT2D eigenvalue weighted by atomic mass is 9.81. The summed E-state index contributed by atoms with van der Waals surface area (Å²) in [6.07, 6.45) is 6.48. The van der Waals surface area contributed by atoms with Crippen LogP contribution in [0.4, 0.5) is 8.78 Å². The molecule has 0 unspecified atom stereocenters. The number of piperidine rings is 2. The summed E-state index contributed by atoms with van der Waals surface area (Å²) in [4.78, 5) is 0. The summed E-state index contributed by atoms with van der Waals surface area (Å²) in [5.41, 5.74) is 0.988. The average Bonchev–Trinajstić information content (AvgIpc) is 2.66. The fraction of sp³-hybridized carbons (Fsp3) is 0.800. The van der Waals surface area contributed by atoms with Crippen molar-refractivity contribution in [3.63, 3.8) is 0 Å². The summed E-state index contributed by atoms with van der Waals surface area (Å²) >= 11 is 0. The molecule has 4 nitrogen and oxygen atoms in total. The predicted octanol–water partition coefficient (Wildman–Crippen LogP) is 6.48. The molecule has 6 heteroatoms. The Morgan fingerprint density at radius 3 is 1.25 bits per heavy atom. The van der Waals surface area contributed by atoms with Gasteiger partial charge in [-0.25, -0.2) is 8.78 Å². The first-order chi connectivity index (χ1) is 16.5. The topological polar surface area (TPSA) is 42.5 Å². The van der Waals surface area contributed by atoms with Crippen molar-refractivity contribution in [2.45, 2.75) is 141 Å².